The third kappa shape index (κ3) is 3.45. The van der Waals surface area contributed by atoms with Gasteiger partial charge in [0, 0.05) is 29.6 Å². The molecule has 0 saturated heterocycles. The summed E-state index contributed by atoms with van der Waals surface area (Å²) in [5.74, 6) is -0.248. The van der Waals surface area contributed by atoms with Gasteiger partial charge in [-0.2, -0.15) is 10.4 Å². The molecule has 25 heavy (non-hydrogen) atoms. The number of benzene rings is 1. The molecule has 2 heterocycles. The highest BCUT2D eigenvalue weighted by Gasteiger charge is 2.15. The Morgan fingerprint density at radius 2 is 2.12 bits per heavy atom. The zero-order valence-electron chi connectivity index (χ0n) is 14.5. The van der Waals surface area contributed by atoms with Crippen LogP contribution in [0.25, 0.3) is 16.6 Å². The van der Waals surface area contributed by atoms with Crippen LogP contribution in [0.4, 0.5) is 0 Å². The number of carbonyl (C=O) groups is 1. The first kappa shape index (κ1) is 16.9. The number of hydrogen-bond donors (Lipinski definition) is 0. The van der Waals surface area contributed by atoms with Crippen LogP contribution in [-0.2, 0) is 16.0 Å². The van der Waals surface area contributed by atoms with E-state index >= 15 is 0 Å². The van der Waals surface area contributed by atoms with E-state index in [0.29, 0.717) is 32.3 Å². The van der Waals surface area contributed by atoms with Gasteiger partial charge < -0.3 is 4.74 Å². The fourth-order valence-corrected chi connectivity index (χ4v) is 2.97. The van der Waals surface area contributed by atoms with Crippen molar-refractivity contribution in [2.75, 3.05) is 6.61 Å². The van der Waals surface area contributed by atoms with Gasteiger partial charge in [0.25, 0.3) is 0 Å². The van der Waals surface area contributed by atoms with Crippen LogP contribution in [0.3, 0.4) is 0 Å². The van der Waals surface area contributed by atoms with Crippen LogP contribution in [-0.4, -0.2) is 27.2 Å². The fraction of sp³-hybridized carbons (Fsp3) is 0.368. The molecule has 0 unspecified atom stereocenters. The molecule has 0 atom stereocenters. The predicted molar refractivity (Wildman–Crippen MR) is 94.1 cm³/mol. The Labute approximate surface area is 146 Å². The monoisotopic (exact) mass is 336 g/mol. The van der Waals surface area contributed by atoms with E-state index in [0.717, 1.165) is 33.5 Å². The molecule has 0 amide bonds. The summed E-state index contributed by atoms with van der Waals surface area (Å²) in [6, 6.07) is 9.96. The summed E-state index contributed by atoms with van der Waals surface area (Å²) in [5.41, 5.74) is 4.68. The van der Waals surface area contributed by atoms with E-state index in [1.165, 1.54) is 0 Å². The maximum absolute atomic E-state index is 11.9. The van der Waals surface area contributed by atoms with E-state index in [2.05, 4.69) is 5.10 Å². The Bertz CT molecular complexity index is 969. The molecule has 0 N–H and O–H groups in total. The summed E-state index contributed by atoms with van der Waals surface area (Å²) >= 11 is 0. The van der Waals surface area contributed by atoms with E-state index < -0.39 is 0 Å². The highest BCUT2D eigenvalue weighted by Crippen LogP contribution is 2.22. The van der Waals surface area contributed by atoms with E-state index in [9.17, 15) is 4.79 Å². The van der Waals surface area contributed by atoms with E-state index in [-0.39, 0.29) is 5.97 Å². The predicted octanol–water partition coefficient (Wildman–Crippen LogP) is 3.28. The first-order valence-electron chi connectivity index (χ1n) is 8.38. The van der Waals surface area contributed by atoms with Crippen LogP contribution in [0.5, 0.6) is 0 Å². The van der Waals surface area contributed by atoms with Gasteiger partial charge in [0.2, 0.25) is 0 Å². The molecule has 0 aliphatic heterocycles. The number of ether oxygens (including phenoxy) is 1. The van der Waals surface area contributed by atoms with Crippen molar-refractivity contribution in [2.24, 2.45) is 0 Å². The molecule has 0 aliphatic carbocycles. The molecule has 3 rings (SSSR count). The lowest BCUT2D eigenvalue weighted by Gasteiger charge is -2.11. The van der Waals surface area contributed by atoms with Crippen molar-refractivity contribution >= 4 is 22.5 Å². The first-order valence-corrected chi connectivity index (χ1v) is 8.38. The molecular weight excluding hydrogens is 316 g/mol. The number of esters is 1. The Morgan fingerprint density at radius 3 is 2.92 bits per heavy atom. The van der Waals surface area contributed by atoms with Crippen molar-refractivity contribution in [1.82, 2.24) is 14.6 Å². The van der Waals surface area contributed by atoms with Crippen LogP contribution >= 0.6 is 0 Å². The Hall–Kier alpha value is -2.94. The molecule has 0 saturated carbocycles. The van der Waals surface area contributed by atoms with Crippen LogP contribution in [0.1, 0.15) is 36.2 Å². The van der Waals surface area contributed by atoms with Crippen LogP contribution in [0.2, 0.25) is 0 Å². The lowest BCUT2D eigenvalue weighted by molar-refractivity contribution is -0.143. The third-order valence-corrected chi connectivity index (χ3v) is 4.29. The summed E-state index contributed by atoms with van der Waals surface area (Å²) in [4.78, 5) is 16.6. The maximum Gasteiger partial charge on any atom is 0.306 e. The van der Waals surface area contributed by atoms with Gasteiger partial charge in [-0.15, -0.1) is 0 Å². The minimum absolute atomic E-state index is 0.248. The Balaban J connectivity index is 1.79. The van der Waals surface area contributed by atoms with Gasteiger partial charge in [0.05, 0.1) is 18.2 Å². The summed E-state index contributed by atoms with van der Waals surface area (Å²) in [5, 5.41) is 14.1. The second-order valence-corrected chi connectivity index (χ2v) is 6.00. The number of aromatic nitrogens is 3. The first-order chi connectivity index (χ1) is 12.1. The minimum Gasteiger partial charge on any atom is -0.466 e. The van der Waals surface area contributed by atoms with Gasteiger partial charge in [-0.3, -0.25) is 4.79 Å². The van der Waals surface area contributed by atoms with Crippen LogP contribution < -0.4 is 0 Å². The lowest BCUT2D eigenvalue weighted by atomic mass is 10.1. The Kier molecular flexibility index (Phi) is 4.94. The average Bonchev–Trinajstić information content (AvgIpc) is 2.97. The largest absolute Gasteiger partial charge is 0.466 e. The molecule has 2 aromatic heterocycles. The Morgan fingerprint density at radius 1 is 1.32 bits per heavy atom. The highest BCUT2D eigenvalue weighted by atomic mass is 16.5. The molecule has 3 aromatic rings. The molecule has 0 spiro atoms. The number of nitriles is 1. The lowest BCUT2D eigenvalue weighted by Crippen LogP contribution is -2.10. The molecule has 0 fully saturated rings. The molecule has 128 valence electrons. The van der Waals surface area contributed by atoms with E-state index in [4.69, 9.17) is 15.0 Å². The average molecular weight is 336 g/mol. The van der Waals surface area contributed by atoms with Crippen molar-refractivity contribution in [3.05, 3.63) is 41.2 Å². The van der Waals surface area contributed by atoms with Crippen LogP contribution in [0.15, 0.2) is 24.3 Å². The smallest absolute Gasteiger partial charge is 0.306 e. The zero-order valence-corrected chi connectivity index (χ0v) is 14.5. The molecule has 0 bridgehead atoms. The third-order valence-electron chi connectivity index (χ3n) is 4.29. The van der Waals surface area contributed by atoms with Gasteiger partial charge in [-0.05, 0) is 44.4 Å². The van der Waals surface area contributed by atoms with Crippen molar-refractivity contribution in [2.45, 2.75) is 39.5 Å². The summed E-state index contributed by atoms with van der Waals surface area (Å²) in [6.45, 7) is 4.26. The van der Waals surface area contributed by atoms with Crippen molar-refractivity contribution in [3.63, 3.8) is 0 Å². The number of carbonyl (C=O) groups excluding carboxylic acids is 1. The molecular formula is C19H20N4O2. The van der Waals surface area contributed by atoms with Gasteiger partial charge >= 0.3 is 5.97 Å². The number of aryl methyl sites for hydroxylation is 2. The van der Waals surface area contributed by atoms with Crippen molar-refractivity contribution < 1.29 is 9.53 Å². The van der Waals surface area contributed by atoms with E-state index in [1.807, 2.05) is 48.7 Å². The maximum atomic E-state index is 11.9. The van der Waals surface area contributed by atoms with Gasteiger partial charge in [-0.1, -0.05) is 12.1 Å². The summed E-state index contributed by atoms with van der Waals surface area (Å²) < 4.78 is 7.00. The molecule has 6 nitrogen and oxygen atoms in total. The minimum atomic E-state index is -0.248. The summed E-state index contributed by atoms with van der Waals surface area (Å²) in [7, 11) is 0. The quantitative estimate of drug-likeness (QED) is 0.510. The van der Waals surface area contributed by atoms with Crippen LogP contribution in [0, 0.1) is 25.2 Å². The molecule has 0 radical (unpaired) electrons. The number of nitrogens with zero attached hydrogens (tertiary/aromatic N) is 4. The standard InChI is InChI=1S/C19H20N4O2/c1-13-15(9-10-18(24)25-12-6-5-11-20)14(2)23-19(21-13)16-7-3-4-8-17(16)22-23/h3-4,7-8H,5-6,9-10,12H2,1-2H3. The second kappa shape index (κ2) is 7.31. The topological polar surface area (TPSA) is 80.3 Å². The van der Waals surface area contributed by atoms with Gasteiger partial charge in [-0.25, -0.2) is 9.50 Å². The summed E-state index contributed by atoms with van der Waals surface area (Å²) in [6.07, 6.45) is 1.84. The second-order valence-electron chi connectivity index (χ2n) is 6.00. The van der Waals surface area contributed by atoms with E-state index in [1.54, 1.807) is 0 Å². The molecule has 0 aliphatic rings. The van der Waals surface area contributed by atoms with Crippen molar-refractivity contribution in [3.8, 4) is 6.07 Å². The zero-order chi connectivity index (χ0) is 17.8. The fourth-order valence-electron chi connectivity index (χ4n) is 2.97. The number of rotatable bonds is 6. The molecule has 6 heteroatoms. The van der Waals surface area contributed by atoms with Gasteiger partial charge in [0.1, 0.15) is 0 Å². The highest BCUT2D eigenvalue weighted by molar-refractivity contribution is 5.92. The number of fused-ring (bicyclic) bond motifs is 3. The van der Waals surface area contributed by atoms with Crippen molar-refractivity contribution in [1.29, 1.82) is 5.26 Å². The molecule has 1 aromatic carbocycles. The number of hydrogen-bond acceptors (Lipinski definition) is 5. The SMILES string of the molecule is Cc1nc2c3ccccc3nn2c(C)c1CCC(=O)OCCCC#N. The van der Waals surface area contributed by atoms with Gasteiger partial charge in [0.15, 0.2) is 5.65 Å². The normalized spacial score (nSPS) is 10.9. The number of unbranched alkanes of at least 4 members (excludes halogenated alkanes) is 1.